The molecule has 0 aromatic heterocycles. The molecule has 1 atom stereocenters. The van der Waals surface area contributed by atoms with Crippen molar-refractivity contribution < 1.29 is 14.3 Å². The third-order valence-corrected chi connectivity index (χ3v) is 5.41. The summed E-state index contributed by atoms with van der Waals surface area (Å²) in [6.45, 7) is 5.88. The van der Waals surface area contributed by atoms with Crippen LogP contribution in [0, 0.1) is 11.8 Å². The lowest BCUT2D eigenvalue weighted by molar-refractivity contribution is -0.126. The minimum Gasteiger partial charge on any atom is -0.383 e. The van der Waals surface area contributed by atoms with Gasteiger partial charge in [0.2, 0.25) is 11.8 Å². The maximum absolute atomic E-state index is 12.4. The highest BCUT2D eigenvalue weighted by Crippen LogP contribution is 2.29. The number of methoxy groups -OCH3 is 1. The fourth-order valence-electron chi connectivity index (χ4n) is 3.66. The zero-order valence-corrected chi connectivity index (χ0v) is 15.7. The van der Waals surface area contributed by atoms with Gasteiger partial charge in [-0.05, 0) is 43.0 Å². The van der Waals surface area contributed by atoms with Gasteiger partial charge in [-0.25, -0.2) is 0 Å². The zero-order chi connectivity index (χ0) is 18.5. The van der Waals surface area contributed by atoms with E-state index in [1.807, 2.05) is 12.1 Å². The van der Waals surface area contributed by atoms with Gasteiger partial charge in [0.05, 0.1) is 12.5 Å². The molecule has 2 amide bonds. The van der Waals surface area contributed by atoms with Crippen LogP contribution in [-0.2, 0) is 14.3 Å². The van der Waals surface area contributed by atoms with E-state index in [9.17, 15) is 9.59 Å². The molecule has 2 aliphatic rings. The van der Waals surface area contributed by atoms with Crippen molar-refractivity contribution in [2.45, 2.75) is 26.2 Å². The van der Waals surface area contributed by atoms with Crippen LogP contribution in [0.1, 0.15) is 26.2 Å². The summed E-state index contributed by atoms with van der Waals surface area (Å²) in [5.41, 5.74) is 2.08. The summed E-state index contributed by atoms with van der Waals surface area (Å²) in [6, 6.07) is 8.17. The number of benzene rings is 1. The summed E-state index contributed by atoms with van der Waals surface area (Å²) in [5.74, 6) is 0.454. The molecule has 26 heavy (non-hydrogen) atoms. The molecule has 0 radical (unpaired) electrons. The average Bonchev–Trinajstić information content (AvgIpc) is 3.04. The minimum absolute atomic E-state index is 0.0106. The molecule has 1 N–H and O–H groups in total. The SMILES string of the molecule is COCCNC(=O)C1CC(=O)N(c2ccc(N3CCC(C)CC3)cc2)C1. The van der Waals surface area contributed by atoms with E-state index in [-0.39, 0.29) is 24.2 Å². The quantitative estimate of drug-likeness (QED) is 0.790. The minimum atomic E-state index is -0.289. The van der Waals surface area contributed by atoms with Gasteiger partial charge in [-0.3, -0.25) is 9.59 Å². The predicted octanol–water partition coefficient (Wildman–Crippen LogP) is 2.04. The number of amides is 2. The maximum Gasteiger partial charge on any atom is 0.227 e. The molecular weight excluding hydrogens is 330 g/mol. The Hall–Kier alpha value is -2.08. The van der Waals surface area contributed by atoms with Crippen molar-refractivity contribution in [3.63, 3.8) is 0 Å². The van der Waals surface area contributed by atoms with Crippen molar-refractivity contribution in [1.29, 1.82) is 0 Å². The number of carbonyl (C=O) groups excluding carboxylic acids is 2. The van der Waals surface area contributed by atoms with Crippen LogP contribution in [0.2, 0.25) is 0 Å². The van der Waals surface area contributed by atoms with E-state index in [1.54, 1.807) is 12.0 Å². The van der Waals surface area contributed by atoms with E-state index in [0.717, 1.165) is 24.7 Å². The molecule has 6 nitrogen and oxygen atoms in total. The smallest absolute Gasteiger partial charge is 0.227 e. The number of anilines is 2. The number of hydrogen-bond acceptors (Lipinski definition) is 4. The first-order valence-electron chi connectivity index (χ1n) is 9.50. The summed E-state index contributed by atoms with van der Waals surface area (Å²) < 4.78 is 4.94. The van der Waals surface area contributed by atoms with Crippen molar-refractivity contribution in [3.8, 4) is 0 Å². The number of rotatable bonds is 6. The third kappa shape index (κ3) is 4.36. The summed E-state index contributed by atoms with van der Waals surface area (Å²) in [5, 5.41) is 2.82. The van der Waals surface area contributed by atoms with Crippen LogP contribution in [0.3, 0.4) is 0 Å². The molecule has 3 rings (SSSR count). The van der Waals surface area contributed by atoms with E-state index in [1.165, 1.54) is 18.5 Å². The van der Waals surface area contributed by atoms with Crippen LogP contribution in [0.15, 0.2) is 24.3 Å². The molecule has 2 heterocycles. The third-order valence-electron chi connectivity index (χ3n) is 5.41. The second kappa shape index (κ2) is 8.54. The Morgan fingerprint density at radius 1 is 1.19 bits per heavy atom. The second-order valence-corrected chi connectivity index (χ2v) is 7.38. The molecular formula is C20H29N3O3. The van der Waals surface area contributed by atoms with Gasteiger partial charge < -0.3 is 19.9 Å². The number of ether oxygens (including phenoxy) is 1. The lowest BCUT2D eigenvalue weighted by Gasteiger charge is -2.32. The largest absolute Gasteiger partial charge is 0.383 e. The topological polar surface area (TPSA) is 61.9 Å². The lowest BCUT2D eigenvalue weighted by Crippen LogP contribution is -2.34. The number of piperidine rings is 1. The van der Waals surface area contributed by atoms with Crippen LogP contribution < -0.4 is 15.1 Å². The molecule has 2 fully saturated rings. The van der Waals surface area contributed by atoms with E-state index >= 15 is 0 Å². The molecule has 2 aliphatic heterocycles. The summed E-state index contributed by atoms with van der Waals surface area (Å²) in [6.07, 6.45) is 2.73. The molecule has 0 spiro atoms. The van der Waals surface area contributed by atoms with Crippen molar-refractivity contribution in [1.82, 2.24) is 5.32 Å². The highest BCUT2D eigenvalue weighted by atomic mass is 16.5. The Labute approximate surface area is 155 Å². The van der Waals surface area contributed by atoms with Gasteiger partial charge in [-0.1, -0.05) is 6.92 Å². The summed E-state index contributed by atoms with van der Waals surface area (Å²) >= 11 is 0. The van der Waals surface area contributed by atoms with Crippen molar-refractivity contribution in [3.05, 3.63) is 24.3 Å². The fraction of sp³-hybridized carbons (Fsp3) is 0.600. The van der Waals surface area contributed by atoms with Crippen LogP contribution in [-0.4, -0.2) is 51.7 Å². The van der Waals surface area contributed by atoms with E-state index in [2.05, 4.69) is 29.3 Å². The molecule has 2 saturated heterocycles. The van der Waals surface area contributed by atoms with E-state index < -0.39 is 0 Å². The lowest BCUT2D eigenvalue weighted by atomic mass is 9.99. The first kappa shape index (κ1) is 18.7. The van der Waals surface area contributed by atoms with Crippen molar-refractivity contribution in [2.24, 2.45) is 11.8 Å². The Balaban J connectivity index is 1.58. The van der Waals surface area contributed by atoms with E-state index in [0.29, 0.717) is 19.7 Å². The van der Waals surface area contributed by atoms with Crippen molar-refractivity contribution in [2.75, 3.05) is 49.7 Å². The maximum atomic E-state index is 12.4. The van der Waals surface area contributed by atoms with E-state index in [4.69, 9.17) is 4.74 Å². The predicted molar refractivity (Wildman–Crippen MR) is 102 cm³/mol. The van der Waals surface area contributed by atoms with Gasteiger partial charge in [0.25, 0.3) is 0 Å². The molecule has 6 heteroatoms. The van der Waals surface area contributed by atoms with Gasteiger partial charge in [0.15, 0.2) is 0 Å². The molecule has 142 valence electrons. The Morgan fingerprint density at radius 2 is 1.85 bits per heavy atom. The zero-order valence-electron chi connectivity index (χ0n) is 15.7. The van der Waals surface area contributed by atoms with Crippen LogP contribution in [0.25, 0.3) is 0 Å². The van der Waals surface area contributed by atoms with Gasteiger partial charge in [-0.15, -0.1) is 0 Å². The molecule has 1 unspecified atom stereocenters. The second-order valence-electron chi connectivity index (χ2n) is 7.38. The standard InChI is InChI=1S/C20H29N3O3/c1-15-7-10-22(11-8-15)17-3-5-18(6-4-17)23-14-16(13-19(23)24)20(25)21-9-12-26-2/h3-6,15-16H,7-14H2,1-2H3,(H,21,25). The molecule has 1 aromatic carbocycles. The number of nitrogens with zero attached hydrogens (tertiary/aromatic N) is 2. The monoisotopic (exact) mass is 359 g/mol. The highest BCUT2D eigenvalue weighted by molar-refractivity contribution is 6.00. The Kier molecular flexibility index (Phi) is 6.14. The number of nitrogens with one attached hydrogen (secondary N) is 1. The van der Waals surface area contributed by atoms with Crippen LogP contribution in [0.5, 0.6) is 0 Å². The van der Waals surface area contributed by atoms with Gasteiger partial charge in [0.1, 0.15) is 0 Å². The van der Waals surface area contributed by atoms with Gasteiger partial charge in [-0.2, -0.15) is 0 Å². The summed E-state index contributed by atoms with van der Waals surface area (Å²) in [7, 11) is 1.60. The van der Waals surface area contributed by atoms with Crippen LogP contribution in [0.4, 0.5) is 11.4 Å². The van der Waals surface area contributed by atoms with Crippen LogP contribution >= 0.6 is 0 Å². The first-order chi connectivity index (χ1) is 12.6. The number of hydrogen-bond donors (Lipinski definition) is 1. The highest BCUT2D eigenvalue weighted by Gasteiger charge is 2.35. The van der Waals surface area contributed by atoms with Crippen molar-refractivity contribution >= 4 is 23.2 Å². The average molecular weight is 359 g/mol. The Morgan fingerprint density at radius 3 is 2.50 bits per heavy atom. The Bertz CT molecular complexity index is 624. The molecule has 0 bridgehead atoms. The van der Waals surface area contributed by atoms with Gasteiger partial charge in [0, 0.05) is 51.1 Å². The first-order valence-corrected chi connectivity index (χ1v) is 9.50. The molecule has 0 aliphatic carbocycles. The number of carbonyl (C=O) groups is 2. The normalized spacial score (nSPS) is 21.3. The summed E-state index contributed by atoms with van der Waals surface area (Å²) in [4.78, 5) is 28.7. The molecule has 1 aromatic rings. The van der Waals surface area contributed by atoms with Gasteiger partial charge >= 0.3 is 0 Å². The molecule has 0 saturated carbocycles. The fourth-order valence-corrected chi connectivity index (χ4v) is 3.66.